The van der Waals surface area contributed by atoms with Crippen LogP contribution in [0.15, 0.2) is 18.3 Å². The average Bonchev–Trinajstić information content (AvgIpc) is 2.98. The molecule has 1 aliphatic rings. The molecule has 9 nitrogen and oxygen atoms in total. The summed E-state index contributed by atoms with van der Waals surface area (Å²) in [5.74, 6) is -0.769. The number of carbonyl (C=O) groups excluding carboxylic acids is 2. The topological polar surface area (TPSA) is 132 Å². The third-order valence-electron chi connectivity index (χ3n) is 3.52. The zero-order valence-corrected chi connectivity index (χ0v) is 12.3. The monoisotopic (exact) mass is 319 g/mol. The lowest BCUT2D eigenvalue weighted by atomic mass is 10.1. The number of aromatic nitrogens is 3. The quantitative estimate of drug-likeness (QED) is 0.670. The second-order valence-electron chi connectivity index (χ2n) is 5.22. The Bertz CT molecular complexity index is 683. The van der Waals surface area contributed by atoms with Crippen LogP contribution in [-0.2, 0) is 14.3 Å². The fourth-order valence-corrected chi connectivity index (χ4v) is 2.43. The van der Waals surface area contributed by atoms with Crippen LogP contribution < -0.4 is 11.1 Å². The van der Waals surface area contributed by atoms with Crippen molar-refractivity contribution in [1.29, 1.82) is 0 Å². The van der Waals surface area contributed by atoms with Crippen molar-refractivity contribution in [2.24, 2.45) is 5.73 Å². The van der Waals surface area contributed by atoms with Gasteiger partial charge < -0.3 is 25.5 Å². The SMILES string of the molecule is NC(=O)CO[C@H]1CCOC[C@H]1NC(=O)c1nc2ncccc2[nH]1. The van der Waals surface area contributed by atoms with Crippen molar-refractivity contribution in [3.8, 4) is 0 Å². The van der Waals surface area contributed by atoms with Crippen LogP contribution in [0.5, 0.6) is 0 Å². The Kier molecular flexibility index (Phi) is 4.49. The van der Waals surface area contributed by atoms with Gasteiger partial charge in [-0.15, -0.1) is 0 Å². The van der Waals surface area contributed by atoms with E-state index in [-0.39, 0.29) is 30.5 Å². The Morgan fingerprint density at radius 1 is 1.52 bits per heavy atom. The summed E-state index contributed by atoms with van der Waals surface area (Å²) in [6.07, 6.45) is 1.84. The second-order valence-corrected chi connectivity index (χ2v) is 5.22. The first-order chi connectivity index (χ1) is 11.1. The van der Waals surface area contributed by atoms with E-state index in [2.05, 4.69) is 20.3 Å². The van der Waals surface area contributed by atoms with E-state index >= 15 is 0 Å². The van der Waals surface area contributed by atoms with Crippen molar-refractivity contribution in [3.05, 3.63) is 24.2 Å². The van der Waals surface area contributed by atoms with E-state index in [9.17, 15) is 9.59 Å². The third kappa shape index (κ3) is 3.63. The van der Waals surface area contributed by atoms with Crippen molar-refractivity contribution in [3.63, 3.8) is 0 Å². The predicted molar refractivity (Wildman–Crippen MR) is 79.5 cm³/mol. The fraction of sp³-hybridized carbons (Fsp3) is 0.429. The molecule has 2 atom stereocenters. The van der Waals surface area contributed by atoms with Crippen molar-refractivity contribution < 1.29 is 19.1 Å². The summed E-state index contributed by atoms with van der Waals surface area (Å²) in [6, 6.07) is 3.16. The normalized spacial score (nSPS) is 21.2. The summed E-state index contributed by atoms with van der Waals surface area (Å²) in [6.45, 7) is 0.615. The molecule has 0 unspecified atom stereocenters. The molecule has 3 heterocycles. The summed E-state index contributed by atoms with van der Waals surface area (Å²) < 4.78 is 10.8. The molecule has 122 valence electrons. The maximum Gasteiger partial charge on any atom is 0.287 e. The van der Waals surface area contributed by atoms with Crippen LogP contribution in [0.2, 0.25) is 0 Å². The molecule has 9 heteroatoms. The van der Waals surface area contributed by atoms with Gasteiger partial charge in [-0.2, -0.15) is 0 Å². The van der Waals surface area contributed by atoms with Crippen molar-refractivity contribution in [2.75, 3.05) is 19.8 Å². The maximum absolute atomic E-state index is 12.3. The highest BCUT2D eigenvalue weighted by Gasteiger charge is 2.29. The Balaban J connectivity index is 1.68. The van der Waals surface area contributed by atoms with Gasteiger partial charge in [-0.3, -0.25) is 9.59 Å². The molecule has 3 rings (SSSR count). The Morgan fingerprint density at radius 3 is 3.17 bits per heavy atom. The lowest BCUT2D eigenvalue weighted by Gasteiger charge is -2.31. The zero-order chi connectivity index (χ0) is 16.2. The van der Waals surface area contributed by atoms with Gasteiger partial charge in [-0.1, -0.05) is 0 Å². The number of pyridine rings is 1. The van der Waals surface area contributed by atoms with Crippen LogP contribution in [-0.4, -0.2) is 58.7 Å². The molecular weight excluding hydrogens is 302 g/mol. The van der Waals surface area contributed by atoms with Crippen LogP contribution in [0.25, 0.3) is 11.2 Å². The standard InChI is InChI=1S/C14H17N5O4/c15-11(20)7-23-10-3-5-22-6-9(10)18-14(21)13-17-8-2-1-4-16-12(8)19-13/h1-2,4,9-10H,3,5-7H2,(H2,15,20)(H,18,21)(H,16,17,19)/t9-,10+/m1/s1. The summed E-state index contributed by atoms with van der Waals surface area (Å²) in [5.41, 5.74) is 6.24. The van der Waals surface area contributed by atoms with Crippen LogP contribution in [0, 0.1) is 0 Å². The molecule has 2 amide bonds. The van der Waals surface area contributed by atoms with Gasteiger partial charge in [-0.25, -0.2) is 9.97 Å². The molecule has 4 N–H and O–H groups in total. The summed E-state index contributed by atoms with van der Waals surface area (Å²) >= 11 is 0. The molecule has 0 aromatic carbocycles. The number of hydrogen-bond donors (Lipinski definition) is 3. The molecule has 1 saturated heterocycles. The van der Waals surface area contributed by atoms with E-state index in [0.717, 1.165) is 0 Å². The number of nitrogens with zero attached hydrogens (tertiary/aromatic N) is 2. The molecular formula is C14H17N5O4. The second kappa shape index (κ2) is 6.71. The van der Waals surface area contributed by atoms with Crippen LogP contribution >= 0.6 is 0 Å². The van der Waals surface area contributed by atoms with E-state index < -0.39 is 5.91 Å². The largest absolute Gasteiger partial charge is 0.379 e. The van der Waals surface area contributed by atoms with Crippen LogP contribution in [0.3, 0.4) is 0 Å². The summed E-state index contributed by atoms with van der Waals surface area (Å²) in [7, 11) is 0. The molecule has 23 heavy (non-hydrogen) atoms. The Labute approximate surface area is 131 Å². The highest BCUT2D eigenvalue weighted by Crippen LogP contribution is 2.13. The molecule has 1 aliphatic heterocycles. The minimum atomic E-state index is -0.551. The fourth-order valence-electron chi connectivity index (χ4n) is 2.43. The number of rotatable bonds is 5. The smallest absolute Gasteiger partial charge is 0.287 e. The minimum absolute atomic E-state index is 0.165. The number of H-pyrrole nitrogens is 1. The number of imidazole rings is 1. The summed E-state index contributed by atoms with van der Waals surface area (Å²) in [4.78, 5) is 34.3. The Hall–Kier alpha value is -2.52. The number of nitrogens with one attached hydrogen (secondary N) is 2. The lowest BCUT2D eigenvalue weighted by molar-refractivity contribution is -0.128. The molecule has 2 aromatic heterocycles. The number of aromatic amines is 1. The van der Waals surface area contributed by atoms with E-state index in [1.54, 1.807) is 18.3 Å². The molecule has 0 bridgehead atoms. The molecule has 0 aliphatic carbocycles. The van der Waals surface area contributed by atoms with Crippen molar-refractivity contribution in [1.82, 2.24) is 20.3 Å². The van der Waals surface area contributed by atoms with E-state index in [1.807, 2.05) is 0 Å². The van der Waals surface area contributed by atoms with Gasteiger partial charge in [0.2, 0.25) is 5.91 Å². The molecule has 0 saturated carbocycles. The van der Waals surface area contributed by atoms with E-state index in [4.69, 9.17) is 15.2 Å². The first kappa shape index (κ1) is 15.4. The maximum atomic E-state index is 12.3. The van der Waals surface area contributed by atoms with Crippen molar-refractivity contribution in [2.45, 2.75) is 18.6 Å². The van der Waals surface area contributed by atoms with Gasteiger partial charge in [0.15, 0.2) is 11.5 Å². The van der Waals surface area contributed by atoms with E-state index in [0.29, 0.717) is 30.8 Å². The lowest BCUT2D eigenvalue weighted by Crippen LogP contribution is -2.51. The number of primary amides is 1. The number of nitrogens with two attached hydrogens (primary N) is 1. The van der Waals surface area contributed by atoms with Gasteiger partial charge in [-0.05, 0) is 18.6 Å². The number of amides is 2. The molecule has 0 radical (unpaired) electrons. The zero-order valence-electron chi connectivity index (χ0n) is 12.3. The first-order valence-electron chi connectivity index (χ1n) is 7.23. The molecule has 0 spiro atoms. The molecule has 1 fully saturated rings. The average molecular weight is 319 g/mol. The number of hydrogen-bond acceptors (Lipinski definition) is 6. The van der Waals surface area contributed by atoms with E-state index in [1.165, 1.54) is 0 Å². The predicted octanol–water partition coefficient (Wildman–Crippen LogP) is -0.653. The van der Waals surface area contributed by atoms with Gasteiger partial charge in [0.25, 0.3) is 5.91 Å². The summed E-state index contributed by atoms with van der Waals surface area (Å²) in [5, 5.41) is 2.81. The first-order valence-corrected chi connectivity index (χ1v) is 7.23. The van der Waals surface area contributed by atoms with Crippen molar-refractivity contribution >= 4 is 23.0 Å². The Morgan fingerprint density at radius 2 is 2.39 bits per heavy atom. The minimum Gasteiger partial charge on any atom is -0.379 e. The van der Waals surface area contributed by atoms with Crippen LogP contribution in [0.4, 0.5) is 0 Å². The van der Waals surface area contributed by atoms with Gasteiger partial charge in [0, 0.05) is 12.8 Å². The highest BCUT2D eigenvalue weighted by atomic mass is 16.5. The molecule has 2 aromatic rings. The van der Waals surface area contributed by atoms with Gasteiger partial charge in [0.05, 0.1) is 24.3 Å². The van der Waals surface area contributed by atoms with Gasteiger partial charge in [0.1, 0.15) is 6.61 Å². The van der Waals surface area contributed by atoms with Crippen LogP contribution in [0.1, 0.15) is 17.0 Å². The number of fused-ring (bicyclic) bond motifs is 1. The highest BCUT2D eigenvalue weighted by molar-refractivity contribution is 5.93. The van der Waals surface area contributed by atoms with Gasteiger partial charge >= 0.3 is 0 Å². The third-order valence-corrected chi connectivity index (χ3v) is 3.52. The number of carbonyl (C=O) groups is 2. The number of ether oxygens (including phenoxy) is 2.